The maximum Gasteiger partial charge on any atom is 0.326 e. The van der Waals surface area contributed by atoms with E-state index >= 15 is 0 Å². The molecule has 0 saturated carbocycles. The van der Waals surface area contributed by atoms with Crippen LogP contribution in [0.1, 0.15) is 124 Å². The van der Waals surface area contributed by atoms with Gasteiger partial charge in [-0.15, -0.1) is 0 Å². The molecular weight excluding hydrogens is 709 g/mol. The number of allylic oxidation sites excluding steroid dienone is 4. The predicted molar refractivity (Wildman–Crippen MR) is 223 cm³/mol. The van der Waals surface area contributed by atoms with Gasteiger partial charge in [0, 0.05) is 46.0 Å². The van der Waals surface area contributed by atoms with Crippen molar-refractivity contribution in [1.82, 2.24) is 30.6 Å². The molecule has 5 heterocycles. The van der Waals surface area contributed by atoms with Crippen molar-refractivity contribution in [3.05, 3.63) is 82.5 Å². The van der Waals surface area contributed by atoms with Gasteiger partial charge < -0.3 is 30.8 Å². The molecular formula is C44H52N6O6. The van der Waals surface area contributed by atoms with Crippen LogP contribution in [0.15, 0.2) is 37.4 Å². The van der Waals surface area contributed by atoms with Crippen molar-refractivity contribution in [2.45, 2.75) is 105 Å². The van der Waals surface area contributed by atoms with Crippen LogP contribution in [-0.2, 0) is 19.2 Å². The van der Waals surface area contributed by atoms with E-state index in [4.69, 9.17) is 9.97 Å². The monoisotopic (exact) mass is 760 g/mol. The molecule has 2 atom stereocenters. The highest BCUT2D eigenvalue weighted by Gasteiger charge is 2.25. The van der Waals surface area contributed by atoms with Crippen LogP contribution in [0, 0.1) is 13.8 Å². The molecule has 2 aliphatic rings. The Morgan fingerprint density at radius 1 is 0.643 bits per heavy atom. The van der Waals surface area contributed by atoms with Crippen LogP contribution in [0.5, 0.6) is 0 Å². The fourth-order valence-corrected chi connectivity index (χ4v) is 7.40. The highest BCUT2D eigenvalue weighted by atomic mass is 16.4. The number of rotatable bonds is 16. The van der Waals surface area contributed by atoms with Gasteiger partial charge in [-0.05, 0) is 111 Å². The standard InChI is InChI=1S/C44H52N6O6/c1-9-13-31(43(53)54)49-41(51)17-15-29-25(7)34-19-33-23(5)27(11-3)37(45-33)20-35-24(6)28(12-4)38(46-35)21-36-26(8)30(40(48-36)22-39(29)47-34)16-18-42(52)50-32(14-10-2)44(55)56/h11-12,19-22,31-32,45-46H,3-4,9-10,13-18H2,1-2,5-8H3,(H,49,51)(H,50,52)(H,53,54)(H,55,56). The van der Waals surface area contributed by atoms with E-state index in [-0.39, 0.29) is 24.7 Å². The molecule has 0 fully saturated rings. The van der Waals surface area contributed by atoms with Gasteiger partial charge in [-0.3, -0.25) is 9.59 Å². The number of nitrogens with zero attached hydrogens (tertiary/aromatic N) is 2. The van der Waals surface area contributed by atoms with Gasteiger partial charge in [0.1, 0.15) is 12.1 Å². The number of nitrogens with one attached hydrogen (secondary N) is 4. The Balaban J connectivity index is 1.71. The van der Waals surface area contributed by atoms with Gasteiger partial charge in [0.25, 0.3) is 0 Å². The SMILES string of the molecule is C=Cc1c(C)c2cc3[nH]c(cc4nc(cc5nc(cc1[nH]2)C(C)=C5CCC(=O)NC(CCC)C(=O)O)C(CCC(=O)NC(CCC)C(=O)O)=C4C)c(C)c3C=C. The Kier molecular flexibility index (Phi) is 12.9. The molecule has 2 unspecified atom stereocenters. The molecule has 294 valence electrons. The molecule has 0 saturated heterocycles. The summed E-state index contributed by atoms with van der Waals surface area (Å²) in [6, 6.07) is 5.94. The number of carboxylic acids is 2. The highest BCUT2D eigenvalue weighted by Crippen LogP contribution is 2.38. The molecule has 12 heteroatoms. The zero-order valence-corrected chi connectivity index (χ0v) is 33.1. The van der Waals surface area contributed by atoms with E-state index in [0.717, 1.165) is 66.6 Å². The predicted octanol–water partition coefficient (Wildman–Crippen LogP) is 8.38. The quantitative estimate of drug-likeness (QED) is 0.0839. The number of amides is 2. The molecule has 5 rings (SSSR count). The first-order valence-corrected chi connectivity index (χ1v) is 19.2. The van der Waals surface area contributed by atoms with Gasteiger partial charge in [0.05, 0.1) is 22.8 Å². The third-order valence-corrected chi connectivity index (χ3v) is 10.7. The summed E-state index contributed by atoms with van der Waals surface area (Å²) in [5, 5.41) is 24.6. The Labute approximate surface area is 327 Å². The van der Waals surface area contributed by atoms with E-state index in [1.54, 1.807) is 0 Å². The number of carbonyl (C=O) groups excluding carboxylic acids is 2. The number of carboxylic acid groups (broad SMARTS) is 2. The first-order valence-electron chi connectivity index (χ1n) is 19.2. The van der Waals surface area contributed by atoms with Crippen molar-refractivity contribution >= 4 is 80.3 Å². The van der Waals surface area contributed by atoms with Crippen LogP contribution in [-0.4, -0.2) is 66.0 Å². The van der Waals surface area contributed by atoms with Crippen molar-refractivity contribution in [2.75, 3.05) is 0 Å². The third-order valence-electron chi connectivity index (χ3n) is 10.7. The number of aliphatic carboxylic acids is 2. The molecule has 0 spiro atoms. The normalized spacial score (nSPS) is 13.7. The summed E-state index contributed by atoms with van der Waals surface area (Å²) >= 11 is 0. The van der Waals surface area contributed by atoms with Crippen LogP contribution in [0.4, 0.5) is 0 Å². The average Bonchev–Trinajstić information content (AvgIpc) is 3.81. The number of H-pyrrole nitrogens is 2. The minimum absolute atomic E-state index is 0.0425. The summed E-state index contributed by atoms with van der Waals surface area (Å²) in [6.45, 7) is 19.9. The molecule has 3 aromatic rings. The summed E-state index contributed by atoms with van der Waals surface area (Å²) in [4.78, 5) is 67.1. The zero-order valence-electron chi connectivity index (χ0n) is 33.1. The van der Waals surface area contributed by atoms with Gasteiger partial charge in [-0.2, -0.15) is 0 Å². The Bertz CT molecular complexity index is 2340. The second-order valence-electron chi connectivity index (χ2n) is 14.4. The van der Waals surface area contributed by atoms with Gasteiger partial charge in [-0.1, -0.05) is 52.0 Å². The van der Waals surface area contributed by atoms with Crippen molar-refractivity contribution < 1.29 is 29.4 Å². The first kappa shape index (κ1) is 41.1. The lowest BCUT2D eigenvalue weighted by atomic mass is 9.98. The van der Waals surface area contributed by atoms with E-state index in [9.17, 15) is 29.4 Å². The maximum absolute atomic E-state index is 13.1. The largest absolute Gasteiger partial charge is 0.480 e. The lowest BCUT2D eigenvalue weighted by Crippen LogP contribution is -2.40. The second-order valence-corrected chi connectivity index (χ2v) is 14.4. The van der Waals surface area contributed by atoms with Crippen LogP contribution in [0.25, 0.3) is 56.5 Å². The summed E-state index contributed by atoms with van der Waals surface area (Å²) in [5.74, 6) is -2.88. The number of hydrogen-bond acceptors (Lipinski definition) is 6. The van der Waals surface area contributed by atoms with Crippen LogP contribution < -0.4 is 10.6 Å². The van der Waals surface area contributed by atoms with Crippen molar-refractivity contribution in [1.29, 1.82) is 0 Å². The number of hydrogen-bond donors (Lipinski definition) is 6. The van der Waals surface area contributed by atoms with Crippen molar-refractivity contribution in [3.8, 4) is 0 Å². The topological polar surface area (TPSA) is 190 Å². The molecule has 3 aromatic heterocycles. The molecule has 2 amide bonds. The second kappa shape index (κ2) is 17.6. The minimum atomic E-state index is -1.07. The summed E-state index contributed by atoms with van der Waals surface area (Å²) in [7, 11) is 0. The van der Waals surface area contributed by atoms with E-state index < -0.39 is 24.0 Å². The van der Waals surface area contributed by atoms with Crippen molar-refractivity contribution in [2.24, 2.45) is 0 Å². The summed E-state index contributed by atoms with van der Waals surface area (Å²) in [6.07, 6.45) is 6.18. The van der Waals surface area contributed by atoms with Crippen LogP contribution >= 0.6 is 0 Å². The van der Waals surface area contributed by atoms with E-state index in [0.29, 0.717) is 61.3 Å². The molecule has 2 aliphatic heterocycles. The number of aryl methyl sites for hydroxylation is 2. The smallest absolute Gasteiger partial charge is 0.326 e. The Morgan fingerprint density at radius 2 is 1.04 bits per heavy atom. The Hall–Kier alpha value is -6.04. The Morgan fingerprint density at radius 3 is 1.43 bits per heavy atom. The highest BCUT2D eigenvalue weighted by molar-refractivity contribution is 5.98. The molecule has 56 heavy (non-hydrogen) atoms. The molecule has 6 N–H and O–H groups in total. The molecule has 0 aliphatic carbocycles. The van der Waals surface area contributed by atoms with Gasteiger partial charge >= 0.3 is 11.9 Å². The number of aromatic amines is 2. The fourth-order valence-electron chi connectivity index (χ4n) is 7.40. The third kappa shape index (κ3) is 8.75. The molecule has 12 nitrogen and oxygen atoms in total. The van der Waals surface area contributed by atoms with E-state index in [2.05, 4.69) is 33.8 Å². The van der Waals surface area contributed by atoms with Crippen LogP contribution in [0.2, 0.25) is 0 Å². The van der Waals surface area contributed by atoms with E-state index in [1.807, 2.05) is 78.0 Å². The lowest BCUT2D eigenvalue weighted by molar-refractivity contribution is -0.142. The van der Waals surface area contributed by atoms with Gasteiger partial charge in [0.2, 0.25) is 11.8 Å². The molecule has 0 radical (unpaired) electrons. The number of aromatic nitrogens is 4. The zero-order chi connectivity index (χ0) is 40.8. The van der Waals surface area contributed by atoms with Crippen LogP contribution in [0.3, 0.4) is 0 Å². The van der Waals surface area contributed by atoms with Crippen molar-refractivity contribution in [3.63, 3.8) is 0 Å². The number of carbonyl (C=O) groups is 4. The minimum Gasteiger partial charge on any atom is -0.480 e. The van der Waals surface area contributed by atoms with Gasteiger partial charge in [0.15, 0.2) is 0 Å². The molecule has 8 bridgehead atoms. The fraction of sp³-hybridized carbons (Fsp3) is 0.364. The molecule has 0 aromatic carbocycles. The average molecular weight is 761 g/mol. The summed E-state index contributed by atoms with van der Waals surface area (Å²) < 4.78 is 0. The van der Waals surface area contributed by atoms with Gasteiger partial charge in [-0.25, -0.2) is 19.6 Å². The summed E-state index contributed by atoms with van der Waals surface area (Å²) in [5.41, 5.74) is 13.2. The first-order chi connectivity index (χ1) is 26.7. The number of fused-ring (bicyclic) bond motifs is 8. The van der Waals surface area contributed by atoms with E-state index in [1.165, 1.54) is 0 Å². The lowest BCUT2D eigenvalue weighted by Gasteiger charge is -2.14. The maximum atomic E-state index is 13.1.